The maximum absolute atomic E-state index is 13.1. The molecule has 0 aliphatic heterocycles. The van der Waals surface area contributed by atoms with E-state index >= 15 is 0 Å². The molecule has 0 heterocycles. The lowest BCUT2D eigenvalue weighted by Gasteiger charge is -2.11. The van der Waals surface area contributed by atoms with Crippen molar-refractivity contribution in [2.45, 2.75) is 13.0 Å². The van der Waals surface area contributed by atoms with Crippen LogP contribution in [0.1, 0.15) is 17.3 Å². The van der Waals surface area contributed by atoms with Gasteiger partial charge in [0, 0.05) is 6.04 Å². The molecule has 0 aliphatic rings. The van der Waals surface area contributed by atoms with Gasteiger partial charge in [-0.1, -0.05) is 23.2 Å². The molecule has 0 aromatic heterocycles. The van der Waals surface area contributed by atoms with Crippen LogP contribution in [0.4, 0.5) is 4.39 Å². The smallest absolute Gasteiger partial charge is 0.253 e. The van der Waals surface area contributed by atoms with Gasteiger partial charge in [-0.05, 0) is 19.1 Å². The number of hydrogen-bond acceptors (Lipinski definition) is 2. The van der Waals surface area contributed by atoms with Gasteiger partial charge in [0.05, 0.1) is 22.2 Å². The molecular weight excluding hydrogens is 256 g/mol. The van der Waals surface area contributed by atoms with E-state index in [0.29, 0.717) is 0 Å². The van der Waals surface area contributed by atoms with Crippen molar-refractivity contribution in [2.24, 2.45) is 0 Å². The third-order valence-corrected chi connectivity index (χ3v) is 2.51. The standard InChI is InChI=1S/C10H10Cl2FNO2/c1-5(4-15)14-10(16)6-2-9(13)8(12)3-7(6)11/h2-3,5,15H,4H2,1H3,(H,14,16)/t5-/m0/s1. The van der Waals surface area contributed by atoms with Crippen LogP contribution < -0.4 is 5.32 Å². The number of carbonyl (C=O) groups excluding carboxylic acids is 1. The van der Waals surface area contributed by atoms with Gasteiger partial charge in [-0.2, -0.15) is 0 Å². The van der Waals surface area contributed by atoms with E-state index in [-0.39, 0.29) is 22.2 Å². The Morgan fingerprint density at radius 1 is 1.50 bits per heavy atom. The van der Waals surface area contributed by atoms with Gasteiger partial charge < -0.3 is 10.4 Å². The number of carbonyl (C=O) groups is 1. The summed E-state index contributed by atoms with van der Waals surface area (Å²) in [6.07, 6.45) is 0. The number of rotatable bonds is 3. The van der Waals surface area contributed by atoms with E-state index in [1.165, 1.54) is 0 Å². The average molecular weight is 266 g/mol. The zero-order valence-corrected chi connectivity index (χ0v) is 9.94. The van der Waals surface area contributed by atoms with Gasteiger partial charge in [0.25, 0.3) is 5.91 Å². The molecule has 0 aliphatic carbocycles. The van der Waals surface area contributed by atoms with Gasteiger partial charge in [0.15, 0.2) is 0 Å². The first kappa shape index (κ1) is 13.2. The number of halogens is 3. The Kier molecular flexibility index (Phi) is 4.53. The van der Waals surface area contributed by atoms with Crippen molar-refractivity contribution < 1.29 is 14.3 Å². The normalized spacial score (nSPS) is 12.3. The topological polar surface area (TPSA) is 49.3 Å². The molecule has 1 atom stereocenters. The van der Waals surface area contributed by atoms with Crippen molar-refractivity contribution in [3.05, 3.63) is 33.6 Å². The molecule has 3 nitrogen and oxygen atoms in total. The molecule has 16 heavy (non-hydrogen) atoms. The number of benzene rings is 1. The van der Waals surface area contributed by atoms with Crippen LogP contribution in [0.3, 0.4) is 0 Å². The molecule has 0 spiro atoms. The molecule has 6 heteroatoms. The van der Waals surface area contributed by atoms with Crippen LogP contribution in [0.2, 0.25) is 10.0 Å². The molecule has 0 radical (unpaired) electrons. The van der Waals surface area contributed by atoms with Crippen molar-refractivity contribution in [1.82, 2.24) is 5.32 Å². The first-order valence-electron chi connectivity index (χ1n) is 4.52. The number of amides is 1. The molecule has 0 saturated carbocycles. The highest BCUT2D eigenvalue weighted by atomic mass is 35.5. The van der Waals surface area contributed by atoms with E-state index < -0.39 is 17.8 Å². The molecule has 0 unspecified atom stereocenters. The Labute approximate surface area is 102 Å². The molecule has 0 fully saturated rings. The fourth-order valence-corrected chi connectivity index (χ4v) is 1.51. The average Bonchev–Trinajstić information content (AvgIpc) is 2.23. The highest BCUT2D eigenvalue weighted by Gasteiger charge is 2.15. The van der Waals surface area contributed by atoms with Gasteiger partial charge in [0.1, 0.15) is 5.82 Å². The molecule has 1 rings (SSSR count). The highest BCUT2D eigenvalue weighted by molar-refractivity contribution is 6.36. The number of nitrogens with one attached hydrogen (secondary N) is 1. The molecule has 1 aromatic carbocycles. The zero-order chi connectivity index (χ0) is 12.3. The van der Waals surface area contributed by atoms with E-state index in [1.54, 1.807) is 6.92 Å². The van der Waals surface area contributed by atoms with Gasteiger partial charge >= 0.3 is 0 Å². The lowest BCUT2D eigenvalue weighted by Crippen LogP contribution is -2.35. The van der Waals surface area contributed by atoms with Crippen LogP contribution in [0, 0.1) is 5.82 Å². The second kappa shape index (κ2) is 5.48. The summed E-state index contributed by atoms with van der Waals surface area (Å²) in [6, 6.07) is 1.70. The summed E-state index contributed by atoms with van der Waals surface area (Å²) in [5.41, 5.74) is -0.0103. The lowest BCUT2D eigenvalue weighted by atomic mass is 10.2. The van der Waals surface area contributed by atoms with Crippen molar-refractivity contribution in [3.8, 4) is 0 Å². The first-order chi connectivity index (χ1) is 7.45. The molecule has 0 bridgehead atoms. The van der Waals surface area contributed by atoms with Gasteiger partial charge in [-0.15, -0.1) is 0 Å². The third-order valence-electron chi connectivity index (χ3n) is 1.91. The molecule has 88 valence electrons. The maximum Gasteiger partial charge on any atom is 0.253 e. The quantitative estimate of drug-likeness (QED) is 0.824. The molecular formula is C10H10Cl2FNO2. The fourth-order valence-electron chi connectivity index (χ4n) is 1.04. The van der Waals surface area contributed by atoms with E-state index in [0.717, 1.165) is 12.1 Å². The molecule has 2 N–H and O–H groups in total. The Morgan fingerprint density at radius 2 is 2.12 bits per heavy atom. The lowest BCUT2D eigenvalue weighted by molar-refractivity contribution is 0.0922. The third kappa shape index (κ3) is 3.07. The molecule has 1 amide bonds. The molecule has 1 aromatic rings. The second-order valence-electron chi connectivity index (χ2n) is 3.30. The summed E-state index contributed by atoms with van der Waals surface area (Å²) < 4.78 is 13.1. The van der Waals surface area contributed by atoms with Crippen LogP contribution in [0.25, 0.3) is 0 Å². The number of hydrogen-bond donors (Lipinski definition) is 2. The Morgan fingerprint density at radius 3 is 2.69 bits per heavy atom. The van der Waals surface area contributed by atoms with E-state index in [9.17, 15) is 9.18 Å². The minimum Gasteiger partial charge on any atom is -0.394 e. The van der Waals surface area contributed by atoms with Crippen LogP contribution in [-0.4, -0.2) is 23.7 Å². The number of aliphatic hydroxyl groups is 1. The monoisotopic (exact) mass is 265 g/mol. The maximum atomic E-state index is 13.1. The zero-order valence-electron chi connectivity index (χ0n) is 8.43. The Hall–Kier alpha value is -0.840. The fraction of sp³-hybridized carbons (Fsp3) is 0.300. The first-order valence-corrected chi connectivity index (χ1v) is 5.27. The summed E-state index contributed by atoms with van der Waals surface area (Å²) >= 11 is 11.2. The summed E-state index contributed by atoms with van der Waals surface area (Å²) in [7, 11) is 0. The van der Waals surface area contributed by atoms with Crippen LogP contribution in [0.5, 0.6) is 0 Å². The van der Waals surface area contributed by atoms with E-state index in [1.807, 2.05) is 0 Å². The summed E-state index contributed by atoms with van der Waals surface area (Å²) in [5.74, 6) is -1.27. The highest BCUT2D eigenvalue weighted by Crippen LogP contribution is 2.24. The van der Waals surface area contributed by atoms with Gasteiger partial charge in [-0.25, -0.2) is 4.39 Å². The predicted octanol–water partition coefficient (Wildman–Crippen LogP) is 2.24. The Balaban J connectivity index is 2.96. The van der Waals surface area contributed by atoms with Crippen LogP contribution in [-0.2, 0) is 0 Å². The van der Waals surface area contributed by atoms with Gasteiger partial charge in [-0.3, -0.25) is 4.79 Å². The summed E-state index contributed by atoms with van der Waals surface area (Å²) in [6.45, 7) is 1.40. The summed E-state index contributed by atoms with van der Waals surface area (Å²) in [5, 5.41) is 11.1. The Bertz CT molecular complexity index is 412. The second-order valence-corrected chi connectivity index (χ2v) is 4.12. The SMILES string of the molecule is C[C@@H](CO)NC(=O)c1cc(F)c(Cl)cc1Cl. The predicted molar refractivity (Wildman–Crippen MR) is 60.4 cm³/mol. The van der Waals surface area contributed by atoms with Crippen molar-refractivity contribution in [3.63, 3.8) is 0 Å². The van der Waals surface area contributed by atoms with E-state index in [2.05, 4.69) is 5.32 Å². The van der Waals surface area contributed by atoms with E-state index in [4.69, 9.17) is 28.3 Å². The number of aliphatic hydroxyl groups excluding tert-OH is 1. The van der Waals surface area contributed by atoms with Crippen LogP contribution >= 0.6 is 23.2 Å². The van der Waals surface area contributed by atoms with Crippen molar-refractivity contribution >= 4 is 29.1 Å². The molecule has 0 saturated heterocycles. The van der Waals surface area contributed by atoms with Crippen LogP contribution in [0.15, 0.2) is 12.1 Å². The van der Waals surface area contributed by atoms with Crippen molar-refractivity contribution in [2.75, 3.05) is 6.61 Å². The van der Waals surface area contributed by atoms with Gasteiger partial charge in [0.2, 0.25) is 0 Å². The minimum atomic E-state index is -0.715. The van der Waals surface area contributed by atoms with Crippen molar-refractivity contribution in [1.29, 1.82) is 0 Å². The largest absolute Gasteiger partial charge is 0.394 e. The summed E-state index contributed by atoms with van der Waals surface area (Å²) in [4.78, 5) is 11.6. The minimum absolute atomic E-state index is 0.0103.